The topological polar surface area (TPSA) is 44.8 Å². The van der Waals surface area contributed by atoms with Crippen LogP contribution in [0.1, 0.15) is 23.7 Å². The van der Waals surface area contributed by atoms with E-state index in [2.05, 4.69) is 0 Å². The van der Waals surface area contributed by atoms with Crippen molar-refractivity contribution in [2.75, 3.05) is 20.8 Å². The maximum Gasteiger partial charge on any atom is 0.338 e. The van der Waals surface area contributed by atoms with Gasteiger partial charge in [0.25, 0.3) is 0 Å². The van der Waals surface area contributed by atoms with E-state index in [0.29, 0.717) is 24.3 Å². The lowest BCUT2D eigenvalue weighted by Crippen LogP contribution is -2.12. The van der Waals surface area contributed by atoms with Crippen LogP contribution in [-0.2, 0) is 9.47 Å². The number of hydrogen-bond acceptors (Lipinski definition) is 4. The van der Waals surface area contributed by atoms with Crippen molar-refractivity contribution in [1.82, 2.24) is 0 Å². The van der Waals surface area contributed by atoms with Gasteiger partial charge in [-0.1, -0.05) is 6.07 Å². The number of methoxy groups -OCH3 is 2. The van der Waals surface area contributed by atoms with Crippen LogP contribution in [0.15, 0.2) is 24.3 Å². The summed E-state index contributed by atoms with van der Waals surface area (Å²) >= 11 is 0. The Bertz CT molecular complexity index is 362. The molecule has 0 fully saturated rings. The van der Waals surface area contributed by atoms with E-state index in [1.165, 1.54) is 0 Å². The van der Waals surface area contributed by atoms with Gasteiger partial charge in [0.1, 0.15) is 5.75 Å². The van der Waals surface area contributed by atoms with Gasteiger partial charge in [0.05, 0.1) is 25.4 Å². The van der Waals surface area contributed by atoms with Gasteiger partial charge >= 0.3 is 5.97 Å². The molecule has 17 heavy (non-hydrogen) atoms. The molecule has 0 spiro atoms. The van der Waals surface area contributed by atoms with Crippen molar-refractivity contribution in [1.29, 1.82) is 0 Å². The molecule has 0 N–H and O–H groups in total. The zero-order chi connectivity index (χ0) is 12.7. The van der Waals surface area contributed by atoms with Crippen molar-refractivity contribution in [2.24, 2.45) is 0 Å². The van der Waals surface area contributed by atoms with Gasteiger partial charge in [-0.2, -0.15) is 0 Å². The van der Waals surface area contributed by atoms with E-state index in [0.717, 1.165) is 0 Å². The summed E-state index contributed by atoms with van der Waals surface area (Å²) < 4.78 is 15.2. The summed E-state index contributed by atoms with van der Waals surface area (Å²) in [6.45, 7) is 2.28. The number of benzene rings is 1. The van der Waals surface area contributed by atoms with Crippen molar-refractivity contribution < 1.29 is 19.0 Å². The Balaban J connectivity index is 2.46. The predicted molar refractivity (Wildman–Crippen MR) is 64.4 cm³/mol. The van der Waals surface area contributed by atoms with Crippen LogP contribution in [0.3, 0.4) is 0 Å². The smallest absolute Gasteiger partial charge is 0.338 e. The van der Waals surface area contributed by atoms with Gasteiger partial charge in [0, 0.05) is 13.5 Å². The number of carbonyl (C=O) groups excluding carboxylic acids is 1. The first kappa shape index (κ1) is 13.5. The lowest BCUT2D eigenvalue weighted by Gasteiger charge is -2.10. The zero-order valence-corrected chi connectivity index (χ0v) is 10.4. The number of rotatable bonds is 6. The first-order valence-electron chi connectivity index (χ1n) is 5.51. The maximum atomic E-state index is 11.7. The largest absolute Gasteiger partial charge is 0.497 e. The van der Waals surface area contributed by atoms with E-state index in [4.69, 9.17) is 14.2 Å². The van der Waals surface area contributed by atoms with Gasteiger partial charge in [0.15, 0.2) is 0 Å². The van der Waals surface area contributed by atoms with Gasteiger partial charge < -0.3 is 14.2 Å². The van der Waals surface area contributed by atoms with Crippen LogP contribution in [0.5, 0.6) is 5.75 Å². The highest BCUT2D eigenvalue weighted by Crippen LogP contribution is 2.13. The lowest BCUT2D eigenvalue weighted by atomic mass is 10.2. The Kier molecular flexibility index (Phi) is 5.49. The Morgan fingerprint density at radius 3 is 2.76 bits per heavy atom. The molecule has 1 atom stereocenters. The molecule has 0 saturated heterocycles. The summed E-state index contributed by atoms with van der Waals surface area (Å²) in [5, 5.41) is 0. The van der Waals surface area contributed by atoms with E-state index in [1.807, 2.05) is 6.92 Å². The van der Waals surface area contributed by atoms with Crippen LogP contribution in [0.4, 0.5) is 0 Å². The highest BCUT2D eigenvalue weighted by Gasteiger charge is 2.08. The molecule has 0 aliphatic carbocycles. The Morgan fingerprint density at radius 1 is 1.35 bits per heavy atom. The molecule has 1 aromatic rings. The average Bonchev–Trinajstić information content (AvgIpc) is 2.38. The van der Waals surface area contributed by atoms with Crippen LogP contribution >= 0.6 is 0 Å². The Labute approximate surface area is 101 Å². The third-order valence-corrected chi connectivity index (χ3v) is 2.47. The number of carbonyl (C=O) groups is 1. The first-order chi connectivity index (χ1) is 8.17. The molecule has 0 saturated carbocycles. The number of esters is 1. The molecule has 4 heteroatoms. The summed E-state index contributed by atoms with van der Waals surface area (Å²) in [5.74, 6) is 0.303. The molecule has 4 nitrogen and oxygen atoms in total. The predicted octanol–water partition coefficient (Wildman–Crippen LogP) is 2.28. The van der Waals surface area contributed by atoms with E-state index < -0.39 is 0 Å². The van der Waals surface area contributed by atoms with E-state index in [9.17, 15) is 4.79 Å². The summed E-state index contributed by atoms with van der Waals surface area (Å²) in [6, 6.07) is 6.89. The molecule has 1 unspecified atom stereocenters. The van der Waals surface area contributed by atoms with E-state index in [1.54, 1.807) is 38.5 Å². The summed E-state index contributed by atoms with van der Waals surface area (Å²) in [4.78, 5) is 11.7. The van der Waals surface area contributed by atoms with Gasteiger partial charge in [-0.25, -0.2) is 4.79 Å². The fourth-order valence-electron chi connectivity index (χ4n) is 1.27. The quantitative estimate of drug-likeness (QED) is 0.713. The van der Waals surface area contributed by atoms with Gasteiger partial charge in [-0.15, -0.1) is 0 Å². The van der Waals surface area contributed by atoms with Crippen molar-refractivity contribution in [3.8, 4) is 5.75 Å². The second-order valence-corrected chi connectivity index (χ2v) is 3.70. The van der Waals surface area contributed by atoms with Crippen LogP contribution in [0.25, 0.3) is 0 Å². The van der Waals surface area contributed by atoms with Crippen LogP contribution < -0.4 is 4.74 Å². The molecule has 0 amide bonds. The third kappa shape index (κ3) is 4.44. The third-order valence-electron chi connectivity index (χ3n) is 2.47. The van der Waals surface area contributed by atoms with E-state index >= 15 is 0 Å². The Hall–Kier alpha value is -1.55. The minimum atomic E-state index is -0.341. The van der Waals surface area contributed by atoms with Crippen LogP contribution in [0, 0.1) is 0 Å². The highest BCUT2D eigenvalue weighted by molar-refractivity contribution is 5.89. The minimum absolute atomic E-state index is 0.0908. The molecule has 0 aliphatic heterocycles. The average molecular weight is 238 g/mol. The first-order valence-corrected chi connectivity index (χ1v) is 5.51. The fourth-order valence-corrected chi connectivity index (χ4v) is 1.27. The second-order valence-electron chi connectivity index (χ2n) is 3.70. The van der Waals surface area contributed by atoms with Gasteiger partial charge in [0.2, 0.25) is 0 Å². The monoisotopic (exact) mass is 238 g/mol. The zero-order valence-electron chi connectivity index (χ0n) is 10.4. The molecule has 0 aromatic heterocycles. The molecule has 0 heterocycles. The van der Waals surface area contributed by atoms with Gasteiger partial charge in [-0.3, -0.25) is 0 Å². The van der Waals surface area contributed by atoms with Crippen molar-refractivity contribution in [3.63, 3.8) is 0 Å². The Morgan fingerprint density at radius 2 is 2.12 bits per heavy atom. The van der Waals surface area contributed by atoms with Gasteiger partial charge in [-0.05, 0) is 25.1 Å². The SMILES string of the molecule is COc1cccc(C(=O)OCCC(C)OC)c1. The number of ether oxygens (including phenoxy) is 3. The van der Waals surface area contributed by atoms with E-state index in [-0.39, 0.29) is 12.1 Å². The summed E-state index contributed by atoms with van der Waals surface area (Å²) in [6.07, 6.45) is 0.778. The molecule has 1 rings (SSSR count). The van der Waals surface area contributed by atoms with Crippen LogP contribution in [0.2, 0.25) is 0 Å². The molecular formula is C13H18O4. The molecule has 94 valence electrons. The minimum Gasteiger partial charge on any atom is -0.497 e. The summed E-state index contributed by atoms with van der Waals surface area (Å²) in [5.41, 5.74) is 0.495. The van der Waals surface area contributed by atoms with Crippen molar-refractivity contribution in [3.05, 3.63) is 29.8 Å². The second kappa shape index (κ2) is 6.91. The van der Waals surface area contributed by atoms with Crippen LogP contribution in [-0.4, -0.2) is 32.9 Å². The molecule has 0 bridgehead atoms. The normalized spacial score (nSPS) is 11.9. The lowest BCUT2D eigenvalue weighted by molar-refractivity contribution is 0.0390. The molecule has 0 aliphatic rings. The summed E-state index contributed by atoms with van der Waals surface area (Å²) in [7, 11) is 3.19. The van der Waals surface area contributed by atoms with Crippen molar-refractivity contribution >= 4 is 5.97 Å². The molecule has 1 aromatic carbocycles. The molecule has 0 radical (unpaired) electrons. The standard InChI is InChI=1S/C13H18O4/c1-10(15-2)7-8-17-13(14)11-5-4-6-12(9-11)16-3/h4-6,9-10H,7-8H2,1-3H3. The number of hydrogen-bond donors (Lipinski definition) is 0. The fraction of sp³-hybridized carbons (Fsp3) is 0.462. The van der Waals surface area contributed by atoms with Crippen molar-refractivity contribution in [2.45, 2.75) is 19.4 Å². The molecular weight excluding hydrogens is 220 g/mol. The highest BCUT2D eigenvalue weighted by atomic mass is 16.5. The maximum absolute atomic E-state index is 11.7.